The maximum Gasteiger partial charge on any atom is 0.126 e. The molecule has 0 aliphatic carbocycles. The third-order valence-electron chi connectivity index (χ3n) is 3.40. The number of ether oxygens (including phenoxy) is 1. The van der Waals surface area contributed by atoms with Crippen LogP contribution in [0.2, 0.25) is 0 Å². The fourth-order valence-electron chi connectivity index (χ4n) is 2.46. The van der Waals surface area contributed by atoms with Gasteiger partial charge in [-0.05, 0) is 25.1 Å². The number of hydrogen-bond donors (Lipinski definition) is 1. The van der Waals surface area contributed by atoms with Crippen LogP contribution in [0.25, 0.3) is 0 Å². The van der Waals surface area contributed by atoms with Gasteiger partial charge in [-0.3, -0.25) is 0 Å². The van der Waals surface area contributed by atoms with Crippen molar-refractivity contribution >= 4 is 5.82 Å². The molecule has 100 valence electrons. The van der Waals surface area contributed by atoms with E-state index in [0.717, 1.165) is 23.6 Å². The molecule has 0 saturated carbocycles. The Hall–Kier alpha value is -2.54. The van der Waals surface area contributed by atoms with Crippen molar-refractivity contribution in [1.82, 2.24) is 4.98 Å². The van der Waals surface area contributed by atoms with Gasteiger partial charge in [0.1, 0.15) is 17.6 Å². The van der Waals surface area contributed by atoms with Crippen molar-refractivity contribution in [1.29, 1.82) is 5.26 Å². The van der Waals surface area contributed by atoms with Gasteiger partial charge in [0.05, 0.1) is 17.7 Å². The first-order valence-corrected chi connectivity index (χ1v) is 6.64. The number of nitriles is 1. The number of rotatable bonds is 2. The average molecular weight is 265 g/mol. The van der Waals surface area contributed by atoms with Crippen LogP contribution < -0.4 is 10.1 Å². The number of nitrogens with zero attached hydrogens (tertiary/aromatic N) is 2. The lowest BCUT2D eigenvalue weighted by molar-refractivity contribution is 0.181. The molecule has 2 heterocycles. The summed E-state index contributed by atoms with van der Waals surface area (Å²) >= 11 is 0. The summed E-state index contributed by atoms with van der Waals surface area (Å²) < 4.78 is 5.83. The molecule has 0 amide bonds. The van der Waals surface area contributed by atoms with Gasteiger partial charge in [-0.25, -0.2) is 4.98 Å². The predicted molar refractivity (Wildman–Crippen MR) is 76.5 cm³/mol. The smallest absolute Gasteiger partial charge is 0.126 e. The molecule has 1 aromatic heterocycles. The highest BCUT2D eigenvalue weighted by Gasteiger charge is 2.25. The second-order valence-electron chi connectivity index (χ2n) is 4.94. The van der Waals surface area contributed by atoms with Crippen LogP contribution >= 0.6 is 0 Å². The highest BCUT2D eigenvalue weighted by atomic mass is 16.5. The summed E-state index contributed by atoms with van der Waals surface area (Å²) in [6, 6.07) is 13.9. The molecule has 1 aromatic carbocycles. The second-order valence-corrected chi connectivity index (χ2v) is 4.94. The summed E-state index contributed by atoms with van der Waals surface area (Å²) in [6.07, 6.45) is 2.64. The van der Waals surface area contributed by atoms with E-state index in [1.54, 1.807) is 12.3 Å². The monoisotopic (exact) mass is 265 g/mol. The van der Waals surface area contributed by atoms with Crippen LogP contribution in [0.5, 0.6) is 5.75 Å². The number of nitrogens with one attached hydrogen (secondary N) is 1. The van der Waals surface area contributed by atoms with E-state index < -0.39 is 0 Å². The Morgan fingerprint density at radius 3 is 2.90 bits per heavy atom. The van der Waals surface area contributed by atoms with Crippen molar-refractivity contribution < 1.29 is 4.74 Å². The van der Waals surface area contributed by atoms with E-state index in [4.69, 9.17) is 10.00 Å². The minimum Gasteiger partial charge on any atom is -0.490 e. The van der Waals surface area contributed by atoms with E-state index in [9.17, 15) is 0 Å². The van der Waals surface area contributed by atoms with Crippen molar-refractivity contribution in [2.75, 3.05) is 5.32 Å². The van der Waals surface area contributed by atoms with E-state index in [2.05, 4.69) is 29.4 Å². The van der Waals surface area contributed by atoms with Crippen LogP contribution in [0, 0.1) is 11.3 Å². The van der Waals surface area contributed by atoms with Crippen molar-refractivity contribution in [3.63, 3.8) is 0 Å². The topological polar surface area (TPSA) is 57.9 Å². The molecule has 0 bridgehead atoms. The predicted octanol–water partition coefficient (Wildman–Crippen LogP) is 3.28. The molecule has 1 N–H and O–H groups in total. The lowest BCUT2D eigenvalue weighted by Crippen LogP contribution is -2.27. The molecule has 3 rings (SSSR count). The van der Waals surface area contributed by atoms with E-state index in [1.165, 1.54) is 0 Å². The summed E-state index contributed by atoms with van der Waals surface area (Å²) in [5.74, 6) is 1.70. The molecule has 1 aliphatic heterocycles. The second kappa shape index (κ2) is 5.22. The van der Waals surface area contributed by atoms with Crippen LogP contribution in [-0.4, -0.2) is 11.1 Å². The Kier molecular flexibility index (Phi) is 3.26. The first kappa shape index (κ1) is 12.5. The number of fused-ring (bicyclic) bond motifs is 1. The summed E-state index contributed by atoms with van der Waals surface area (Å²) in [6.45, 7) is 2.07. The van der Waals surface area contributed by atoms with Gasteiger partial charge >= 0.3 is 0 Å². The number of pyridine rings is 1. The van der Waals surface area contributed by atoms with Gasteiger partial charge in [0.25, 0.3) is 0 Å². The fourth-order valence-corrected chi connectivity index (χ4v) is 2.46. The summed E-state index contributed by atoms with van der Waals surface area (Å²) in [7, 11) is 0. The van der Waals surface area contributed by atoms with Crippen LogP contribution in [0.3, 0.4) is 0 Å². The Morgan fingerprint density at radius 1 is 1.30 bits per heavy atom. The van der Waals surface area contributed by atoms with E-state index in [1.807, 2.05) is 24.3 Å². The lowest BCUT2D eigenvalue weighted by atomic mass is 9.97. The number of benzene rings is 1. The molecule has 0 fully saturated rings. The SMILES string of the molecule is C[C@@H]1C[C@@H](Nc2ccc(C#N)cn2)c2ccccc2O1. The van der Waals surface area contributed by atoms with Crippen LogP contribution in [0.4, 0.5) is 5.82 Å². The number of para-hydroxylation sites is 1. The molecule has 4 nitrogen and oxygen atoms in total. The normalized spacial score (nSPS) is 20.4. The average Bonchev–Trinajstić information content (AvgIpc) is 2.48. The molecule has 2 aromatic rings. The van der Waals surface area contributed by atoms with Crippen molar-refractivity contribution in [3.05, 3.63) is 53.7 Å². The standard InChI is InChI=1S/C16H15N3O/c1-11-8-14(13-4-2-3-5-15(13)20-11)19-16-7-6-12(9-17)10-18-16/h2-7,10-11,14H,8H2,1H3,(H,18,19)/t11-,14-/m1/s1. The number of anilines is 1. The molecule has 2 atom stereocenters. The molecule has 0 radical (unpaired) electrons. The summed E-state index contributed by atoms with van der Waals surface area (Å²) in [5.41, 5.74) is 1.72. The molecular weight excluding hydrogens is 250 g/mol. The van der Waals surface area contributed by atoms with Gasteiger partial charge in [0.2, 0.25) is 0 Å². The molecular formula is C16H15N3O. The third-order valence-corrected chi connectivity index (χ3v) is 3.40. The van der Waals surface area contributed by atoms with E-state index in [-0.39, 0.29) is 12.1 Å². The van der Waals surface area contributed by atoms with Gasteiger partial charge in [0, 0.05) is 18.2 Å². The molecule has 4 heteroatoms. The molecule has 20 heavy (non-hydrogen) atoms. The minimum absolute atomic E-state index is 0.167. The van der Waals surface area contributed by atoms with Crippen LogP contribution in [0.1, 0.15) is 30.5 Å². The van der Waals surface area contributed by atoms with E-state index >= 15 is 0 Å². The fraction of sp³-hybridized carbons (Fsp3) is 0.250. The molecule has 0 unspecified atom stereocenters. The first-order valence-electron chi connectivity index (χ1n) is 6.64. The quantitative estimate of drug-likeness (QED) is 0.905. The Bertz CT molecular complexity index is 646. The molecule has 0 spiro atoms. The zero-order valence-corrected chi connectivity index (χ0v) is 11.2. The van der Waals surface area contributed by atoms with Gasteiger partial charge < -0.3 is 10.1 Å². The Labute approximate surface area is 118 Å². The Balaban J connectivity index is 1.85. The van der Waals surface area contributed by atoms with Crippen molar-refractivity contribution in [2.45, 2.75) is 25.5 Å². The third kappa shape index (κ3) is 2.43. The molecule has 1 aliphatic rings. The number of aromatic nitrogens is 1. The van der Waals surface area contributed by atoms with Gasteiger partial charge in [-0.2, -0.15) is 5.26 Å². The van der Waals surface area contributed by atoms with Crippen LogP contribution in [0.15, 0.2) is 42.6 Å². The lowest BCUT2D eigenvalue weighted by Gasteiger charge is -2.31. The summed E-state index contributed by atoms with van der Waals surface area (Å²) in [5, 5.41) is 12.2. The van der Waals surface area contributed by atoms with Crippen molar-refractivity contribution in [3.8, 4) is 11.8 Å². The minimum atomic E-state index is 0.167. The number of hydrogen-bond acceptors (Lipinski definition) is 4. The highest BCUT2D eigenvalue weighted by Crippen LogP contribution is 2.36. The van der Waals surface area contributed by atoms with E-state index in [0.29, 0.717) is 5.56 Å². The maximum absolute atomic E-state index is 8.79. The largest absolute Gasteiger partial charge is 0.490 e. The molecule has 0 saturated heterocycles. The zero-order valence-electron chi connectivity index (χ0n) is 11.2. The highest BCUT2D eigenvalue weighted by molar-refractivity contribution is 5.46. The Morgan fingerprint density at radius 2 is 2.15 bits per heavy atom. The van der Waals surface area contributed by atoms with Crippen LogP contribution in [-0.2, 0) is 0 Å². The summed E-state index contributed by atoms with van der Waals surface area (Å²) in [4.78, 5) is 4.27. The van der Waals surface area contributed by atoms with Gasteiger partial charge in [0.15, 0.2) is 0 Å². The van der Waals surface area contributed by atoms with Gasteiger partial charge in [-0.15, -0.1) is 0 Å². The maximum atomic E-state index is 8.79. The van der Waals surface area contributed by atoms with Crippen molar-refractivity contribution in [2.24, 2.45) is 0 Å². The first-order chi connectivity index (χ1) is 9.76. The zero-order chi connectivity index (χ0) is 13.9. The van der Waals surface area contributed by atoms with Gasteiger partial charge in [-0.1, -0.05) is 18.2 Å².